The fourth-order valence-electron chi connectivity index (χ4n) is 2.55. The van der Waals surface area contributed by atoms with E-state index >= 15 is 0 Å². The van der Waals surface area contributed by atoms with Gasteiger partial charge in [0.05, 0.1) is 23.1 Å². The molecule has 0 unspecified atom stereocenters. The summed E-state index contributed by atoms with van der Waals surface area (Å²) in [5, 5.41) is 7.33. The van der Waals surface area contributed by atoms with E-state index < -0.39 is 11.8 Å². The highest BCUT2D eigenvalue weighted by molar-refractivity contribution is 5.96. The van der Waals surface area contributed by atoms with Crippen molar-refractivity contribution < 1.29 is 14.0 Å². The standard InChI is InChI=1S/C17H16N4O4/c1-9-7-13(10(2)25-9)17(24)21-19-15(22)8-14-11-5-3-4-6-12(11)16(23)20-18-14/h3-7H,8H2,1-2H3,(H,19,22)(H,20,23)(H,21,24). The van der Waals surface area contributed by atoms with Gasteiger partial charge in [0, 0.05) is 5.39 Å². The molecule has 2 amide bonds. The molecule has 2 aromatic heterocycles. The zero-order valence-corrected chi connectivity index (χ0v) is 13.7. The molecule has 8 heteroatoms. The number of aryl methyl sites for hydroxylation is 2. The van der Waals surface area contributed by atoms with Crippen LogP contribution in [0.2, 0.25) is 0 Å². The summed E-state index contributed by atoms with van der Waals surface area (Å²) in [6, 6.07) is 8.46. The molecule has 8 nitrogen and oxygen atoms in total. The van der Waals surface area contributed by atoms with E-state index in [0.29, 0.717) is 33.6 Å². The van der Waals surface area contributed by atoms with Crippen molar-refractivity contribution in [3.05, 3.63) is 63.5 Å². The van der Waals surface area contributed by atoms with E-state index in [1.807, 2.05) is 0 Å². The Balaban J connectivity index is 1.69. The predicted octanol–water partition coefficient (Wildman–Crippen LogP) is 1.14. The number of benzene rings is 1. The molecule has 0 aliphatic carbocycles. The number of furan rings is 1. The molecule has 3 N–H and O–H groups in total. The first-order chi connectivity index (χ1) is 12.0. The fourth-order valence-corrected chi connectivity index (χ4v) is 2.55. The molecule has 2 heterocycles. The third-order valence-corrected chi connectivity index (χ3v) is 3.70. The maximum absolute atomic E-state index is 12.1. The zero-order chi connectivity index (χ0) is 18.0. The van der Waals surface area contributed by atoms with E-state index in [0.717, 1.165) is 0 Å². The first-order valence-corrected chi connectivity index (χ1v) is 7.58. The number of fused-ring (bicyclic) bond motifs is 1. The van der Waals surface area contributed by atoms with E-state index in [1.165, 1.54) is 0 Å². The van der Waals surface area contributed by atoms with Gasteiger partial charge in [0.2, 0.25) is 5.91 Å². The average molecular weight is 340 g/mol. The van der Waals surface area contributed by atoms with E-state index in [2.05, 4.69) is 21.0 Å². The first kappa shape index (κ1) is 16.4. The highest BCUT2D eigenvalue weighted by atomic mass is 16.3. The Labute approximate surface area is 142 Å². The van der Waals surface area contributed by atoms with Crippen LogP contribution in [0, 0.1) is 13.8 Å². The lowest BCUT2D eigenvalue weighted by Crippen LogP contribution is -2.42. The van der Waals surface area contributed by atoms with Gasteiger partial charge in [-0.1, -0.05) is 18.2 Å². The molecule has 0 aliphatic heterocycles. The Kier molecular flexibility index (Phi) is 4.34. The van der Waals surface area contributed by atoms with Gasteiger partial charge >= 0.3 is 0 Å². The van der Waals surface area contributed by atoms with Crippen LogP contribution in [0.15, 0.2) is 39.5 Å². The van der Waals surface area contributed by atoms with E-state index in [4.69, 9.17) is 4.42 Å². The fraction of sp³-hybridized carbons (Fsp3) is 0.176. The number of H-pyrrole nitrogens is 1. The monoisotopic (exact) mass is 340 g/mol. The normalized spacial score (nSPS) is 10.6. The molecule has 0 atom stereocenters. The number of nitrogens with one attached hydrogen (secondary N) is 3. The van der Waals surface area contributed by atoms with Gasteiger partial charge in [-0.3, -0.25) is 25.2 Å². The number of amides is 2. The number of rotatable bonds is 3. The quantitative estimate of drug-likeness (QED) is 0.618. The molecule has 0 fully saturated rings. The maximum atomic E-state index is 12.1. The third kappa shape index (κ3) is 3.42. The molecule has 3 aromatic rings. The lowest BCUT2D eigenvalue weighted by atomic mass is 10.1. The molecule has 128 valence electrons. The number of carbonyl (C=O) groups is 2. The largest absolute Gasteiger partial charge is 0.466 e. The minimum Gasteiger partial charge on any atom is -0.466 e. The van der Waals surface area contributed by atoms with E-state index in [1.54, 1.807) is 44.2 Å². The number of hydrogen-bond acceptors (Lipinski definition) is 5. The minimum absolute atomic E-state index is 0.0963. The average Bonchev–Trinajstić information content (AvgIpc) is 2.94. The third-order valence-electron chi connectivity index (χ3n) is 3.70. The highest BCUT2D eigenvalue weighted by Gasteiger charge is 2.15. The van der Waals surface area contributed by atoms with E-state index in [9.17, 15) is 14.4 Å². The van der Waals surface area contributed by atoms with Crippen LogP contribution in [0.3, 0.4) is 0 Å². The first-order valence-electron chi connectivity index (χ1n) is 7.58. The number of hydrazine groups is 1. The van der Waals surface area contributed by atoms with Crippen LogP contribution in [-0.4, -0.2) is 22.0 Å². The Morgan fingerprint density at radius 2 is 1.88 bits per heavy atom. The molecular formula is C17H16N4O4. The highest BCUT2D eigenvalue weighted by Crippen LogP contribution is 2.14. The summed E-state index contributed by atoms with van der Waals surface area (Å²) in [6.07, 6.45) is -0.0963. The van der Waals surface area contributed by atoms with Gasteiger partial charge in [0.25, 0.3) is 11.5 Å². The minimum atomic E-state index is -0.470. The molecule has 3 rings (SSSR count). The smallest absolute Gasteiger partial charge is 0.273 e. The Morgan fingerprint density at radius 3 is 2.56 bits per heavy atom. The van der Waals surface area contributed by atoms with Gasteiger partial charge in [0.15, 0.2) is 0 Å². The molecular weight excluding hydrogens is 324 g/mol. The van der Waals surface area contributed by atoms with Crippen molar-refractivity contribution >= 4 is 22.6 Å². The topological polar surface area (TPSA) is 117 Å². The second kappa shape index (κ2) is 6.60. The van der Waals surface area contributed by atoms with Crippen LogP contribution in [0.25, 0.3) is 10.8 Å². The van der Waals surface area contributed by atoms with Gasteiger partial charge in [-0.2, -0.15) is 5.10 Å². The van der Waals surface area contributed by atoms with Crippen LogP contribution in [0.4, 0.5) is 0 Å². The number of aromatic nitrogens is 2. The summed E-state index contributed by atoms with van der Waals surface area (Å²) in [5.74, 6) is 0.147. The van der Waals surface area contributed by atoms with Crippen molar-refractivity contribution in [2.75, 3.05) is 0 Å². The molecule has 25 heavy (non-hydrogen) atoms. The van der Waals surface area contributed by atoms with Gasteiger partial charge in [-0.25, -0.2) is 5.10 Å². The van der Waals surface area contributed by atoms with Gasteiger partial charge in [-0.15, -0.1) is 0 Å². The van der Waals surface area contributed by atoms with Crippen LogP contribution < -0.4 is 16.4 Å². The second-order valence-corrected chi connectivity index (χ2v) is 5.55. The molecule has 0 aliphatic rings. The van der Waals surface area contributed by atoms with Crippen molar-refractivity contribution in [2.45, 2.75) is 20.3 Å². The van der Waals surface area contributed by atoms with Crippen LogP contribution >= 0.6 is 0 Å². The zero-order valence-electron chi connectivity index (χ0n) is 13.7. The summed E-state index contributed by atoms with van der Waals surface area (Å²) < 4.78 is 5.28. The van der Waals surface area contributed by atoms with E-state index in [-0.39, 0.29) is 12.0 Å². The number of carbonyl (C=O) groups excluding carboxylic acids is 2. The number of aromatic amines is 1. The lowest BCUT2D eigenvalue weighted by molar-refractivity contribution is -0.121. The van der Waals surface area contributed by atoms with Crippen LogP contribution in [0.1, 0.15) is 27.6 Å². The van der Waals surface area contributed by atoms with Crippen molar-refractivity contribution in [3.63, 3.8) is 0 Å². The van der Waals surface area contributed by atoms with Crippen molar-refractivity contribution in [1.82, 2.24) is 21.0 Å². The van der Waals surface area contributed by atoms with Crippen molar-refractivity contribution in [3.8, 4) is 0 Å². The summed E-state index contributed by atoms with van der Waals surface area (Å²) in [6.45, 7) is 3.40. The Bertz CT molecular complexity index is 1020. The molecule has 0 radical (unpaired) electrons. The van der Waals surface area contributed by atoms with Crippen molar-refractivity contribution in [1.29, 1.82) is 0 Å². The molecule has 1 aromatic carbocycles. The number of hydrogen-bond donors (Lipinski definition) is 3. The SMILES string of the molecule is Cc1cc(C(=O)NNC(=O)Cc2n[nH]c(=O)c3ccccc23)c(C)o1. The summed E-state index contributed by atoms with van der Waals surface area (Å²) in [7, 11) is 0. The lowest BCUT2D eigenvalue weighted by Gasteiger charge is -2.07. The molecule has 0 saturated carbocycles. The number of nitrogens with zero attached hydrogens (tertiary/aromatic N) is 1. The summed E-state index contributed by atoms with van der Waals surface area (Å²) in [4.78, 5) is 35.9. The van der Waals surface area contributed by atoms with Gasteiger partial charge < -0.3 is 4.42 Å². The summed E-state index contributed by atoms with van der Waals surface area (Å²) >= 11 is 0. The second-order valence-electron chi connectivity index (χ2n) is 5.55. The summed E-state index contributed by atoms with van der Waals surface area (Å²) in [5.41, 5.74) is 5.11. The Hall–Kier alpha value is -3.42. The molecule has 0 saturated heterocycles. The van der Waals surface area contributed by atoms with Gasteiger partial charge in [-0.05, 0) is 26.0 Å². The van der Waals surface area contributed by atoms with Crippen LogP contribution in [0.5, 0.6) is 0 Å². The maximum Gasteiger partial charge on any atom is 0.273 e. The van der Waals surface area contributed by atoms with Crippen LogP contribution in [-0.2, 0) is 11.2 Å². The molecule has 0 spiro atoms. The molecule has 0 bridgehead atoms. The van der Waals surface area contributed by atoms with Gasteiger partial charge in [0.1, 0.15) is 11.5 Å². The van der Waals surface area contributed by atoms with Crippen molar-refractivity contribution in [2.24, 2.45) is 0 Å². The Morgan fingerprint density at radius 1 is 1.16 bits per heavy atom. The predicted molar refractivity (Wildman–Crippen MR) is 89.9 cm³/mol.